The van der Waals surface area contributed by atoms with Crippen LogP contribution >= 0.6 is 0 Å². The lowest BCUT2D eigenvalue weighted by atomic mass is 9.84. The minimum absolute atomic E-state index is 0.0513. The number of carbonyl (C=O) groups is 2. The molecule has 0 bridgehead atoms. The molecular weight excluding hydrogens is 234 g/mol. The summed E-state index contributed by atoms with van der Waals surface area (Å²) >= 11 is 0. The standard InChI is InChI=1S/C13H23NO4/c1-2-8-18-9-11(15)14-12(13(16)17)10-6-4-3-5-7-10/h10,12H,2-9H2,1H3,(H,14,15)(H,16,17). The van der Waals surface area contributed by atoms with Crippen molar-refractivity contribution in [2.45, 2.75) is 51.5 Å². The van der Waals surface area contributed by atoms with Gasteiger partial charge in [-0.1, -0.05) is 26.2 Å². The first-order valence-electron chi connectivity index (χ1n) is 6.75. The molecule has 0 aromatic heterocycles. The molecule has 1 rings (SSSR count). The Labute approximate surface area is 108 Å². The van der Waals surface area contributed by atoms with Crippen LogP contribution in [0.1, 0.15) is 45.4 Å². The van der Waals surface area contributed by atoms with Crippen LogP contribution in [0.3, 0.4) is 0 Å². The summed E-state index contributed by atoms with van der Waals surface area (Å²) in [6.07, 6.45) is 5.88. The number of aliphatic carboxylic acids is 1. The molecule has 1 fully saturated rings. The van der Waals surface area contributed by atoms with Gasteiger partial charge in [-0.05, 0) is 25.2 Å². The van der Waals surface area contributed by atoms with Crippen LogP contribution in [0, 0.1) is 5.92 Å². The molecule has 104 valence electrons. The summed E-state index contributed by atoms with van der Waals surface area (Å²) in [5, 5.41) is 11.8. The highest BCUT2D eigenvalue weighted by Gasteiger charge is 2.30. The Balaban J connectivity index is 2.41. The number of carbonyl (C=O) groups excluding carboxylic acids is 1. The molecule has 1 aliphatic rings. The summed E-state index contributed by atoms with van der Waals surface area (Å²) in [6, 6.07) is -0.761. The first-order valence-corrected chi connectivity index (χ1v) is 6.75. The van der Waals surface area contributed by atoms with Crippen LogP contribution < -0.4 is 5.32 Å². The number of nitrogens with one attached hydrogen (secondary N) is 1. The van der Waals surface area contributed by atoms with Crippen molar-refractivity contribution >= 4 is 11.9 Å². The van der Waals surface area contributed by atoms with Crippen LogP contribution in [0.4, 0.5) is 0 Å². The van der Waals surface area contributed by atoms with E-state index in [-0.39, 0.29) is 18.4 Å². The van der Waals surface area contributed by atoms with Crippen molar-refractivity contribution in [1.29, 1.82) is 0 Å². The average molecular weight is 257 g/mol. The molecule has 0 radical (unpaired) electrons. The van der Waals surface area contributed by atoms with Crippen molar-refractivity contribution in [2.75, 3.05) is 13.2 Å². The lowest BCUT2D eigenvalue weighted by Gasteiger charge is -2.27. The minimum Gasteiger partial charge on any atom is -0.480 e. The number of amides is 1. The summed E-state index contributed by atoms with van der Waals surface area (Å²) < 4.78 is 5.11. The van der Waals surface area contributed by atoms with Crippen LogP contribution in [-0.4, -0.2) is 36.2 Å². The lowest BCUT2D eigenvalue weighted by Crippen LogP contribution is -2.47. The summed E-state index contributed by atoms with van der Waals surface area (Å²) in [5.74, 6) is -1.21. The predicted molar refractivity (Wildman–Crippen MR) is 67.3 cm³/mol. The second kappa shape index (κ2) is 8.08. The quantitative estimate of drug-likeness (QED) is 0.679. The van der Waals surface area contributed by atoms with E-state index in [4.69, 9.17) is 4.74 Å². The van der Waals surface area contributed by atoms with Crippen molar-refractivity contribution in [3.8, 4) is 0 Å². The van der Waals surface area contributed by atoms with Gasteiger partial charge in [-0.2, -0.15) is 0 Å². The van der Waals surface area contributed by atoms with Gasteiger partial charge in [-0.15, -0.1) is 0 Å². The van der Waals surface area contributed by atoms with Gasteiger partial charge in [0.05, 0.1) is 0 Å². The lowest BCUT2D eigenvalue weighted by molar-refractivity contribution is -0.144. The van der Waals surface area contributed by atoms with E-state index in [1.165, 1.54) is 0 Å². The second-order valence-electron chi connectivity index (χ2n) is 4.83. The van der Waals surface area contributed by atoms with Crippen LogP contribution in [0.15, 0.2) is 0 Å². The van der Waals surface area contributed by atoms with Gasteiger partial charge in [-0.25, -0.2) is 4.79 Å². The van der Waals surface area contributed by atoms with E-state index in [1.54, 1.807) is 0 Å². The molecule has 0 spiro atoms. The molecule has 1 aliphatic carbocycles. The molecule has 18 heavy (non-hydrogen) atoms. The van der Waals surface area contributed by atoms with Crippen LogP contribution in [0.2, 0.25) is 0 Å². The molecule has 1 atom stereocenters. The fourth-order valence-electron chi connectivity index (χ4n) is 2.37. The Kier molecular flexibility index (Phi) is 6.72. The monoisotopic (exact) mass is 257 g/mol. The predicted octanol–water partition coefficient (Wildman–Crippen LogP) is 1.56. The zero-order valence-electron chi connectivity index (χ0n) is 11.0. The summed E-state index contributed by atoms with van der Waals surface area (Å²) in [6.45, 7) is 2.43. The highest BCUT2D eigenvalue weighted by Crippen LogP contribution is 2.26. The molecular formula is C13H23NO4. The van der Waals surface area contributed by atoms with Gasteiger partial charge in [0.2, 0.25) is 5.91 Å². The molecule has 0 aromatic rings. The molecule has 1 saturated carbocycles. The third kappa shape index (κ3) is 5.04. The maximum atomic E-state index is 11.6. The van der Waals surface area contributed by atoms with E-state index in [0.717, 1.165) is 38.5 Å². The SMILES string of the molecule is CCCOCC(=O)NC(C(=O)O)C1CCCCC1. The largest absolute Gasteiger partial charge is 0.480 e. The number of ether oxygens (including phenoxy) is 1. The van der Waals surface area contributed by atoms with Gasteiger partial charge >= 0.3 is 5.97 Å². The van der Waals surface area contributed by atoms with Crippen molar-refractivity contribution in [3.05, 3.63) is 0 Å². The van der Waals surface area contributed by atoms with Gasteiger partial charge in [0.15, 0.2) is 0 Å². The van der Waals surface area contributed by atoms with Crippen LogP contribution in [0.25, 0.3) is 0 Å². The molecule has 0 saturated heterocycles. The zero-order valence-corrected chi connectivity index (χ0v) is 11.0. The summed E-state index contributed by atoms with van der Waals surface area (Å²) in [5.41, 5.74) is 0. The number of hydrogen-bond acceptors (Lipinski definition) is 3. The molecule has 1 amide bonds. The van der Waals surface area contributed by atoms with Gasteiger partial charge in [0, 0.05) is 6.61 Å². The number of carboxylic acids is 1. The van der Waals surface area contributed by atoms with Crippen LogP contribution in [-0.2, 0) is 14.3 Å². The van der Waals surface area contributed by atoms with E-state index in [0.29, 0.717) is 6.61 Å². The number of rotatable bonds is 7. The van der Waals surface area contributed by atoms with E-state index in [1.807, 2.05) is 6.92 Å². The maximum absolute atomic E-state index is 11.6. The minimum atomic E-state index is -0.939. The fourth-order valence-corrected chi connectivity index (χ4v) is 2.37. The van der Waals surface area contributed by atoms with Crippen LogP contribution in [0.5, 0.6) is 0 Å². The number of hydrogen-bond donors (Lipinski definition) is 2. The molecule has 0 heterocycles. The summed E-state index contributed by atoms with van der Waals surface area (Å²) in [4.78, 5) is 22.8. The van der Waals surface area contributed by atoms with Crippen molar-refractivity contribution < 1.29 is 19.4 Å². The van der Waals surface area contributed by atoms with Gasteiger partial charge in [-0.3, -0.25) is 4.79 Å². The molecule has 0 aromatic carbocycles. The zero-order chi connectivity index (χ0) is 13.4. The van der Waals surface area contributed by atoms with Crippen molar-refractivity contribution in [2.24, 2.45) is 5.92 Å². The normalized spacial score (nSPS) is 18.3. The van der Waals surface area contributed by atoms with E-state index >= 15 is 0 Å². The van der Waals surface area contributed by atoms with Crippen molar-refractivity contribution in [3.63, 3.8) is 0 Å². The molecule has 1 unspecified atom stereocenters. The number of carboxylic acid groups (broad SMARTS) is 1. The maximum Gasteiger partial charge on any atom is 0.326 e. The molecule has 2 N–H and O–H groups in total. The first kappa shape index (κ1) is 15.0. The summed E-state index contributed by atoms with van der Waals surface area (Å²) in [7, 11) is 0. The third-order valence-corrected chi connectivity index (χ3v) is 3.29. The Morgan fingerprint density at radius 1 is 1.33 bits per heavy atom. The average Bonchev–Trinajstić information content (AvgIpc) is 2.37. The Morgan fingerprint density at radius 2 is 2.00 bits per heavy atom. The molecule has 5 nitrogen and oxygen atoms in total. The highest BCUT2D eigenvalue weighted by molar-refractivity contribution is 5.84. The van der Waals surface area contributed by atoms with E-state index < -0.39 is 12.0 Å². The third-order valence-electron chi connectivity index (χ3n) is 3.29. The highest BCUT2D eigenvalue weighted by atomic mass is 16.5. The van der Waals surface area contributed by atoms with E-state index in [9.17, 15) is 14.7 Å². The Morgan fingerprint density at radius 3 is 2.56 bits per heavy atom. The van der Waals surface area contributed by atoms with E-state index in [2.05, 4.69) is 5.32 Å². The first-order chi connectivity index (χ1) is 8.65. The topological polar surface area (TPSA) is 75.6 Å². The molecule has 0 aliphatic heterocycles. The fraction of sp³-hybridized carbons (Fsp3) is 0.846. The van der Waals surface area contributed by atoms with Crippen molar-refractivity contribution in [1.82, 2.24) is 5.32 Å². The second-order valence-corrected chi connectivity index (χ2v) is 4.83. The molecule has 5 heteroatoms. The van der Waals surface area contributed by atoms with Gasteiger partial charge < -0.3 is 15.2 Å². The van der Waals surface area contributed by atoms with Gasteiger partial charge in [0.1, 0.15) is 12.6 Å². The smallest absolute Gasteiger partial charge is 0.326 e. The van der Waals surface area contributed by atoms with Gasteiger partial charge in [0.25, 0.3) is 0 Å². The Hall–Kier alpha value is -1.10. The Bertz CT molecular complexity index is 274.